The van der Waals surface area contributed by atoms with Crippen molar-refractivity contribution in [3.63, 3.8) is 0 Å². The zero-order chi connectivity index (χ0) is 11.1. The van der Waals surface area contributed by atoms with E-state index >= 15 is 0 Å². The normalized spacial score (nSPS) is 11.9. The molecule has 0 bridgehead atoms. The Labute approximate surface area is 83.8 Å². The minimum atomic E-state index is -3.15. The summed E-state index contributed by atoms with van der Waals surface area (Å²) in [6, 6.07) is 0.242. The third-order valence-corrected chi connectivity index (χ3v) is 7.40. The molecule has 0 nitrogen and oxygen atoms in total. The van der Waals surface area contributed by atoms with Gasteiger partial charge in [0.05, 0.1) is 0 Å². The molecule has 0 atom stereocenters. The zero-order valence-electron chi connectivity index (χ0n) is 8.09. The van der Waals surface area contributed by atoms with Gasteiger partial charge in [-0.15, -0.1) is 0 Å². The molecule has 0 N–H and O–H groups in total. The molecule has 1 rings (SSSR count). The standard InChI is InChI=1S/C6HF4.3CH3.Sn/c7-3-1-4(8)6(10)2-5(3)9;;;;/h1H;3*1H3;. The second kappa shape index (κ2) is 3.71. The summed E-state index contributed by atoms with van der Waals surface area (Å²) in [4.78, 5) is 5.07. The van der Waals surface area contributed by atoms with Crippen molar-refractivity contribution in [1.82, 2.24) is 0 Å². The average Bonchev–Trinajstić information content (AvgIpc) is 1.98. The van der Waals surface area contributed by atoms with Gasteiger partial charge in [-0.3, -0.25) is 0 Å². The van der Waals surface area contributed by atoms with E-state index in [2.05, 4.69) is 0 Å². The van der Waals surface area contributed by atoms with Gasteiger partial charge in [0.25, 0.3) is 0 Å². The van der Waals surface area contributed by atoms with Crippen molar-refractivity contribution < 1.29 is 17.6 Å². The molecule has 1 aromatic carbocycles. The quantitative estimate of drug-likeness (QED) is 0.425. The van der Waals surface area contributed by atoms with E-state index in [4.69, 9.17) is 0 Å². The molecule has 14 heavy (non-hydrogen) atoms. The van der Waals surface area contributed by atoms with Gasteiger partial charge in [-0.2, -0.15) is 0 Å². The first-order chi connectivity index (χ1) is 6.25. The average molecular weight is 313 g/mol. The van der Waals surface area contributed by atoms with Crippen LogP contribution >= 0.6 is 0 Å². The van der Waals surface area contributed by atoms with E-state index < -0.39 is 41.6 Å². The fraction of sp³-hybridized carbons (Fsp3) is 0.333. The van der Waals surface area contributed by atoms with Crippen LogP contribution in [0.5, 0.6) is 0 Å². The Bertz CT molecular complexity index is 342. The van der Waals surface area contributed by atoms with Crippen LogP contribution < -0.4 is 3.58 Å². The summed E-state index contributed by atoms with van der Waals surface area (Å²) in [6.07, 6.45) is 0. The second-order valence-electron chi connectivity index (χ2n) is 4.09. The van der Waals surface area contributed by atoms with Gasteiger partial charge in [0.1, 0.15) is 0 Å². The molecule has 78 valence electrons. The Kier molecular flexibility index (Phi) is 3.13. The predicted molar refractivity (Wildman–Crippen MR) is 49.3 cm³/mol. The van der Waals surface area contributed by atoms with Gasteiger partial charge in [-0.05, 0) is 0 Å². The number of hydrogen-bond acceptors (Lipinski definition) is 0. The number of halogens is 4. The summed E-state index contributed by atoms with van der Waals surface area (Å²) < 4.78 is 51.7. The summed E-state index contributed by atoms with van der Waals surface area (Å²) in [6.45, 7) is 0. The van der Waals surface area contributed by atoms with Crippen molar-refractivity contribution in [2.45, 2.75) is 14.8 Å². The Hall–Kier alpha value is -0.261. The molecule has 0 saturated carbocycles. The van der Waals surface area contributed by atoms with Crippen molar-refractivity contribution >= 4 is 22.0 Å². The Balaban J connectivity index is 3.56. The van der Waals surface area contributed by atoms with Crippen molar-refractivity contribution in [1.29, 1.82) is 0 Å². The van der Waals surface area contributed by atoms with Crippen molar-refractivity contribution in [3.8, 4) is 0 Å². The van der Waals surface area contributed by atoms with Crippen LogP contribution in [0.3, 0.4) is 0 Å². The maximum absolute atomic E-state index is 13.2. The van der Waals surface area contributed by atoms with Gasteiger partial charge in [0.15, 0.2) is 0 Å². The fourth-order valence-electron chi connectivity index (χ4n) is 1.23. The molecule has 0 aromatic heterocycles. The molecule has 0 saturated heterocycles. The zero-order valence-corrected chi connectivity index (χ0v) is 10.9. The molecule has 0 heterocycles. The topological polar surface area (TPSA) is 0 Å². The van der Waals surface area contributed by atoms with E-state index in [0.717, 1.165) is 0 Å². The maximum atomic E-state index is 13.2. The molecule has 0 unspecified atom stereocenters. The van der Waals surface area contributed by atoms with E-state index in [-0.39, 0.29) is 9.65 Å². The van der Waals surface area contributed by atoms with E-state index in [1.807, 2.05) is 0 Å². The summed E-state index contributed by atoms with van der Waals surface area (Å²) >= 11 is -3.15. The van der Waals surface area contributed by atoms with E-state index in [0.29, 0.717) is 0 Å². The molecule has 0 fully saturated rings. The molecular weight excluding hydrogens is 303 g/mol. The van der Waals surface area contributed by atoms with E-state index in [1.54, 1.807) is 14.8 Å². The van der Waals surface area contributed by atoms with Gasteiger partial charge in [0.2, 0.25) is 0 Å². The molecule has 0 aliphatic rings. The first-order valence-electron chi connectivity index (χ1n) is 4.08. The van der Waals surface area contributed by atoms with Crippen LogP contribution in [0.25, 0.3) is 0 Å². The van der Waals surface area contributed by atoms with Crippen LogP contribution in [0, 0.1) is 23.3 Å². The fourth-order valence-corrected chi connectivity index (χ4v) is 5.67. The third-order valence-electron chi connectivity index (χ3n) is 1.86. The molecule has 0 aliphatic heterocycles. The molecule has 0 spiro atoms. The summed E-state index contributed by atoms with van der Waals surface area (Å²) in [5.74, 6) is -5.09. The summed E-state index contributed by atoms with van der Waals surface area (Å²) in [5.41, 5.74) is 0. The van der Waals surface area contributed by atoms with Gasteiger partial charge >= 0.3 is 83.7 Å². The summed E-state index contributed by atoms with van der Waals surface area (Å²) in [5, 5.41) is 0. The van der Waals surface area contributed by atoms with Crippen LogP contribution in [-0.4, -0.2) is 18.4 Å². The second-order valence-corrected chi connectivity index (χ2v) is 18.4. The summed E-state index contributed by atoms with van der Waals surface area (Å²) in [7, 11) is 0. The molecule has 5 heteroatoms. The molecule has 1 aromatic rings. The predicted octanol–water partition coefficient (Wildman–Crippen LogP) is 2.79. The van der Waals surface area contributed by atoms with Crippen LogP contribution in [0.15, 0.2) is 6.07 Å². The molecular formula is C9H10F4Sn. The number of benzene rings is 1. The molecule has 0 radical (unpaired) electrons. The van der Waals surface area contributed by atoms with E-state index in [1.165, 1.54) is 0 Å². The van der Waals surface area contributed by atoms with Gasteiger partial charge in [-0.1, -0.05) is 0 Å². The van der Waals surface area contributed by atoms with Crippen LogP contribution in [0.4, 0.5) is 17.6 Å². The van der Waals surface area contributed by atoms with Gasteiger partial charge in [0, 0.05) is 0 Å². The van der Waals surface area contributed by atoms with Gasteiger partial charge < -0.3 is 0 Å². The van der Waals surface area contributed by atoms with Crippen LogP contribution in [-0.2, 0) is 0 Å². The van der Waals surface area contributed by atoms with Crippen LogP contribution in [0.1, 0.15) is 0 Å². The van der Waals surface area contributed by atoms with E-state index in [9.17, 15) is 17.6 Å². The van der Waals surface area contributed by atoms with Crippen LogP contribution in [0.2, 0.25) is 14.8 Å². The number of rotatable bonds is 1. The Morgan fingerprint density at radius 1 is 0.857 bits per heavy atom. The Morgan fingerprint density at radius 2 is 1.21 bits per heavy atom. The van der Waals surface area contributed by atoms with Gasteiger partial charge in [-0.25, -0.2) is 0 Å². The van der Waals surface area contributed by atoms with Crippen molar-refractivity contribution in [3.05, 3.63) is 29.3 Å². The first-order valence-corrected chi connectivity index (χ1v) is 14.1. The monoisotopic (exact) mass is 314 g/mol. The SMILES string of the molecule is [CH3][Sn]([CH3])([CH3])[c]1c(F)c(F)cc(F)c1F. The first kappa shape index (κ1) is 11.8. The number of hydrogen-bond donors (Lipinski definition) is 0. The minimum absolute atomic E-state index is 0.242. The third kappa shape index (κ3) is 2.04. The Morgan fingerprint density at radius 3 is 1.50 bits per heavy atom. The molecule has 0 amide bonds. The molecule has 0 aliphatic carbocycles. The van der Waals surface area contributed by atoms with Crippen molar-refractivity contribution in [2.75, 3.05) is 0 Å². The van der Waals surface area contributed by atoms with Crippen molar-refractivity contribution in [2.24, 2.45) is 0 Å².